The van der Waals surface area contributed by atoms with E-state index in [1.54, 1.807) is 12.1 Å². The molecule has 0 aliphatic heterocycles. The number of benzene rings is 2. The normalized spacial score (nSPS) is 10.1. The summed E-state index contributed by atoms with van der Waals surface area (Å²) in [4.78, 5) is 21.0. The lowest BCUT2D eigenvalue weighted by atomic mass is 10.1. The molecule has 0 aliphatic carbocycles. The van der Waals surface area contributed by atoms with Crippen LogP contribution in [0.3, 0.4) is 0 Å². The van der Waals surface area contributed by atoms with E-state index in [1.165, 1.54) is 30.3 Å². The summed E-state index contributed by atoms with van der Waals surface area (Å²) in [6, 6.07) is 10.5. The fourth-order valence-electron chi connectivity index (χ4n) is 1.72. The number of carboxylic acid groups (broad SMARTS) is 1. The number of rotatable bonds is 5. The van der Waals surface area contributed by atoms with Crippen molar-refractivity contribution in [1.29, 1.82) is 0 Å². The van der Waals surface area contributed by atoms with Gasteiger partial charge in [-0.2, -0.15) is 0 Å². The van der Waals surface area contributed by atoms with Crippen molar-refractivity contribution in [3.05, 3.63) is 68.7 Å². The van der Waals surface area contributed by atoms with Crippen molar-refractivity contribution in [3.8, 4) is 0 Å². The molecule has 108 valence electrons. The van der Waals surface area contributed by atoms with E-state index >= 15 is 0 Å². The molecule has 2 aromatic rings. The minimum Gasteiger partial charge on any atom is -0.478 e. The van der Waals surface area contributed by atoms with Crippen LogP contribution in [-0.4, -0.2) is 16.0 Å². The average molecular weight is 307 g/mol. The Bertz CT molecular complexity index is 686. The van der Waals surface area contributed by atoms with Crippen molar-refractivity contribution < 1.29 is 14.8 Å². The number of non-ortho nitro benzene ring substituents is 1. The Morgan fingerprint density at radius 1 is 1.24 bits per heavy atom. The fraction of sp³-hybridized carbons (Fsp3) is 0.0714. The van der Waals surface area contributed by atoms with Crippen LogP contribution in [0.25, 0.3) is 0 Å². The van der Waals surface area contributed by atoms with Crippen molar-refractivity contribution in [1.82, 2.24) is 0 Å². The number of carbonyl (C=O) groups is 1. The summed E-state index contributed by atoms with van der Waals surface area (Å²) in [5, 5.41) is 22.9. The number of carboxylic acids is 1. The molecule has 2 N–H and O–H groups in total. The van der Waals surface area contributed by atoms with Gasteiger partial charge in [-0.25, -0.2) is 4.79 Å². The third-order valence-electron chi connectivity index (χ3n) is 2.84. The van der Waals surface area contributed by atoms with Crippen LogP contribution in [0.1, 0.15) is 15.9 Å². The van der Waals surface area contributed by atoms with Crippen molar-refractivity contribution in [2.24, 2.45) is 0 Å². The maximum Gasteiger partial charge on any atom is 0.335 e. The molecular weight excluding hydrogens is 296 g/mol. The summed E-state index contributed by atoms with van der Waals surface area (Å²) in [6.07, 6.45) is 0. The molecule has 21 heavy (non-hydrogen) atoms. The topological polar surface area (TPSA) is 92.5 Å². The summed E-state index contributed by atoms with van der Waals surface area (Å²) >= 11 is 5.97. The number of anilines is 1. The quantitative estimate of drug-likeness (QED) is 0.651. The smallest absolute Gasteiger partial charge is 0.335 e. The van der Waals surface area contributed by atoms with Gasteiger partial charge >= 0.3 is 5.97 Å². The Morgan fingerprint density at radius 3 is 2.48 bits per heavy atom. The zero-order valence-electron chi connectivity index (χ0n) is 10.7. The van der Waals surface area contributed by atoms with E-state index in [1.807, 2.05) is 0 Å². The van der Waals surface area contributed by atoms with E-state index < -0.39 is 10.9 Å². The Kier molecular flexibility index (Phi) is 4.39. The van der Waals surface area contributed by atoms with Crippen LogP contribution in [0.15, 0.2) is 42.5 Å². The number of nitro benzene ring substituents is 1. The molecule has 0 bridgehead atoms. The average Bonchev–Trinajstić information content (AvgIpc) is 2.46. The van der Waals surface area contributed by atoms with Crippen LogP contribution in [0, 0.1) is 10.1 Å². The van der Waals surface area contributed by atoms with Gasteiger partial charge in [-0.05, 0) is 23.8 Å². The molecule has 0 heterocycles. The van der Waals surface area contributed by atoms with Crippen molar-refractivity contribution in [2.45, 2.75) is 6.54 Å². The molecule has 0 spiro atoms. The first-order chi connectivity index (χ1) is 9.97. The van der Waals surface area contributed by atoms with Crippen molar-refractivity contribution in [2.75, 3.05) is 5.32 Å². The minimum atomic E-state index is -0.990. The molecule has 0 unspecified atom stereocenters. The predicted molar refractivity (Wildman–Crippen MR) is 78.8 cm³/mol. The van der Waals surface area contributed by atoms with Crippen LogP contribution in [-0.2, 0) is 6.54 Å². The first kappa shape index (κ1) is 14.8. The summed E-state index contributed by atoms with van der Waals surface area (Å²) in [6.45, 7) is 0.376. The Morgan fingerprint density at radius 2 is 1.90 bits per heavy atom. The van der Waals surface area contributed by atoms with Gasteiger partial charge < -0.3 is 10.4 Å². The highest BCUT2D eigenvalue weighted by atomic mass is 35.5. The first-order valence-electron chi connectivity index (χ1n) is 5.97. The molecule has 0 amide bonds. The van der Waals surface area contributed by atoms with Crippen LogP contribution in [0.5, 0.6) is 0 Å². The number of halogens is 1. The molecule has 0 saturated heterocycles. The number of hydrogen-bond acceptors (Lipinski definition) is 4. The summed E-state index contributed by atoms with van der Waals surface area (Å²) in [7, 11) is 0. The zero-order chi connectivity index (χ0) is 15.4. The highest BCUT2D eigenvalue weighted by Gasteiger charge is 2.09. The van der Waals surface area contributed by atoms with Crippen LogP contribution >= 0.6 is 11.6 Å². The molecule has 0 aromatic heterocycles. The van der Waals surface area contributed by atoms with E-state index in [9.17, 15) is 14.9 Å². The lowest BCUT2D eigenvalue weighted by molar-refractivity contribution is -0.384. The maximum atomic E-state index is 10.7. The summed E-state index contributed by atoms with van der Waals surface area (Å²) < 4.78 is 0. The van der Waals surface area contributed by atoms with Gasteiger partial charge in [0.15, 0.2) is 0 Å². The van der Waals surface area contributed by atoms with Crippen molar-refractivity contribution in [3.63, 3.8) is 0 Å². The Hall–Kier alpha value is -2.60. The van der Waals surface area contributed by atoms with Gasteiger partial charge in [0.2, 0.25) is 0 Å². The molecular formula is C14H11ClN2O4. The molecule has 6 nitrogen and oxygen atoms in total. The van der Waals surface area contributed by atoms with E-state index in [0.29, 0.717) is 17.3 Å². The maximum absolute atomic E-state index is 10.7. The SMILES string of the molecule is O=C(O)c1ccc(CNc2cc([N+](=O)[O-])ccc2Cl)cc1. The molecule has 2 rings (SSSR count). The second kappa shape index (κ2) is 6.23. The molecule has 0 radical (unpaired) electrons. The van der Waals surface area contributed by atoms with E-state index in [4.69, 9.17) is 16.7 Å². The first-order valence-corrected chi connectivity index (χ1v) is 6.35. The van der Waals surface area contributed by atoms with Gasteiger partial charge in [-0.15, -0.1) is 0 Å². The highest BCUT2D eigenvalue weighted by molar-refractivity contribution is 6.33. The zero-order valence-corrected chi connectivity index (χ0v) is 11.5. The summed E-state index contributed by atoms with van der Waals surface area (Å²) in [5.41, 5.74) is 1.44. The number of nitrogens with one attached hydrogen (secondary N) is 1. The van der Waals surface area contributed by atoms with Gasteiger partial charge in [-0.1, -0.05) is 23.7 Å². The van der Waals surface area contributed by atoms with Gasteiger partial charge in [0.25, 0.3) is 5.69 Å². The van der Waals surface area contributed by atoms with Crippen LogP contribution < -0.4 is 5.32 Å². The standard InChI is InChI=1S/C14H11ClN2O4/c15-12-6-5-11(17(20)21)7-13(12)16-8-9-1-3-10(4-2-9)14(18)19/h1-7,16H,8H2,(H,18,19). The lowest BCUT2D eigenvalue weighted by Crippen LogP contribution is -2.02. The molecule has 0 aliphatic rings. The van der Waals surface area contributed by atoms with Crippen LogP contribution in [0.4, 0.5) is 11.4 Å². The molecule has 7 heteroatoms. The van der Waals surface area contributed by atoms with Gasteiger partial charge in [0, 0.05) is 18.7 Å². The van der Waals surface area contributed by atoms with E-state index in [2.05, 4.69) is 5.32 Å². The van der Waals surface area contributed by atoms with Gasteiger partial charge in [0.1, 0.15) is 0 Å². The Labute approximate surface area is 125 Å². The molecule has 0 saturated carbocycles. The number of aromatic carboxylic acids is 1. The fourth-order valence-corrected chi connectivity index (χ4v) is 1.91. The molecule has 0 fully saturated rings. The third kappa shape index (κ3) is 3.70. The number of nitro groups is 1. The third-order valence-corrected chi connectivity index (χ3v) is 3.17. The second-order valence-electron chi connectivity index (χ2n) is 4.28. The van der Waals surface area contributed by atoms with E-state index in [0.717, 1.165) is 5.56 Å². The largest absolute Gasteiger partial charge is 0.478 e. The predicted octanol–water partition coefficient (Wildman–Crippen LogP) is 3.56. The number of hydrogen-bond donors (Lipinski definition) is 2. The summed E-state index contributed by atoms with van der Waals surface area (Å²) in [5.74, 6) is -0.990. The van der Waals surface area contributed by atoms with E-state index in [-0.39, 0.29) is 11.3 Å². The highest BCUT2D eigenvalue weighted by Crippen LogP contribution is 2.27. The Balaban J connectivity index is 2.10. The molecule has 0 atom stereocenters. The molecule has 2 aromatic carbocycles. The minimum absolute atomic E-state index is 0.0527. The number of nitrogens with zero attached hydrogens (tertiary/aromatic N) is 1. The van der Waals surface area contributed by atoms with Crippen molar-refractivity contribution >= 4 is 28.9 Å². The second-order valence-corrected chi connectivity index (χ2v) is 4.68. The van der Waals surface area contributed by atoms with Crippen LogP contribution in [0.2, 0.25) is 5.02 Å². The lowest BCUT2D eigenvalue weighted by Gasteiger charge is -2.08. The van der Waals surface area contributed by atoms with Gasteiger partial charge in [-0.3, -0.25) is 10.1 Å². The monoisotopic (exact) mass is 306 g/mol. The van der Waals surface area contributed by atoms with Gasteiger partial charge in [0.05, 0.1) is 21.2 Å².